The molecule has 0 fully saturated rings. The van der Waals surface area contributed by atoms with E-state index < -0.39 is 11.7 Å². The van der Waals surface area contributed by atoms with E-state index in [0.717, 1.165) is 5.75 Å². The summed E-state index contributed by atoms with van der Waals surface area (Å²) in [4.78, 5) is 25.7. The topological polar surface area (TPSA) is 67.2 Å². The van der Waals surface area contributed by atoms with Crippen LogP contribution in [0.25, 0.3) is 0 Å². The van der Waals surface area contributed by atoms with Crippen LogP contribution >= 0.6 is 35.0 Å². The molecule has 0 unspecified atom stereocenters. The van der Waals surface area contributed by atoms with Crippen LogP contribution in [0.4, 0.5) is 15.9 Å². The molecule has 1 heterocycles. The largest absolute Gasteiger partial charge is 0.318 e. The quantitative estimate of drug-likeness (QED) is 0.419. The van der Waals surface area contributed by atoms with Crippen molar-refractivity contribution in [3.8, 4) is 0 Å². The van der Waals surface area contributed by atoms with Gasteiger partial charge in [-0.2, -0.15) is 4.98 Å². The lowest BCUT2D eigenvalue weighted by atomic mass is 10.2. The van der Waals surface area contributed by atoms with Gasteiger partial charge in [0.15, 0.2) is 5.82 Å². The maximum absolute atomic E-state index is 14.0. The Morgan fingerprint density at radius 1 is 1.43 bits per heavy atom. The van der Waals surface area contributed by atoms with Crippen molar-refractivity contribution in [2.24, 2.45) is 4.99 Å². The van der Waals surface area contributed by atoms with Crippen molar-refractivity contribution in [1.29, 1.82) is 0 Å². The number of nitrogens with one attached hydrogen (secondary N) is 1. The molecule has 1 N–H and O–H groups in total. The van der Waals surface area contributed by atoms with Crippen LogP contribution in [-0.4, -0.2) is 27.3 Å². The average Bonchev–Trinajstić information content (AvgIpc) is 2.64. The van der Waals surface area contributed by atoms with E-state index in [0.29, 0.717) is 10.6 Å². The van der Waals surface area contributed by atoms with Crippen LogP contribution in [0.15, 0.2) is 53.0 Å². The van der Waals surface area contributed by atoms with E-state index in [1.807, 2.05) is 13.8 Å². The summed E-state index contributed by atoms with van der Waals surface area (Å²) < 4.78 is 14.0. The van der Waals surface area contributed by atoms with Gasteiger partial charge in [0.25, 0.3) is 5.91 Å². The third-order valence-corrected chi connectivity index (χ3v) is 4.68. The number of carbonyl (C=O) groups is 1. The number of para-hydroxylation sites is 1. The Morgan fingerprint density at radius 3 is 2.82 bits per heavy atom. The Morgan fingerprint density at radius 2 is 2.18 bits per heavy atom. The second-order valence-electron chi connectivity index (χ2n) is 5.28. The van der Waals surface area contributed by atoms with Crippen molar-refractivity contribution >= 4 is 58.1 Å². The zero-order chi connectivity index (χ0) is 20.7. The first-order chi connectivity index (χ1) is 13.4. The molecule has 5 nitrogen and oxygen atoms in total. The van der Waals surface area contributed by atoms with Crippen LogP contribution in [0.1, 0.15) is 24.2 Å². The molecule has 9 heteroatoms. The predicted octanol–water partition coefficient (Wildman–Crippen LogP) is 6.09. The lowest BCUT2D eigenvalue weighted by Gasteiger charge is -2.10. The number of anilines is 1. The number of thioether (sulfide) groups is 1. The summed E-state index contributed by atoms with van der Waals surface area (Å²) in [6.07, 6.45) is 4.76. The van der Waals surface area contributed by atoms with Gasteiger partial charge in [-0.05, 0) is 42.5 Å². The van der Waals surface area contributed by atoms with Crippen molar-refractivity contribution < 1.29 is 9.18 Å². The molecule has 0 spiro atoms. The number of benzene rings is 1. The first-order valence-electron chi connectivity index (χ1n) is 8.18. The summed E-state index contributed by atoms with van der Waals surface area (Å²) in [5.74, 6) is -0.492. The van der Waals surface area contributed by atoms with E-state index in [9.17, 15) is 9.18 Å². The molecule has 0 saturated heterocycles. The lowest BCUT2D eigenvalue weighted by molar-refractivity contribution is 0.102. The number of rotatable bonds is 7. The van der Waals surface area contributed by atoms with E-state index in [2.05, 4.69) is 26.9 Å². The smallest absolute Gasteiger partial charge is 0.261 e. The molecule has 0 saturated carbocycles. The summed E-state index contributed by atoms with van der Waals surface area (Å²) in [6, 6.07) is 4.09. The Bertz CT molecular complexity index is 943. The fourth-order valence-electron chi connectivity index (χ4n) is 2.11. The van der Waals surface area contributed by atoms with Crippen molar-refractivity contribution in [3.63, 3.8) is 0 Å². The predicted molar refractivity (Wildman–Crippen MR) is 116 cm³/mol. The molecule has 0 atom stereocenters. The third-order valence-electron chi connectivity index (χ3n) is 3.34. The minimum absolute atomic E-state index is 0.0139. The van der Waals surface area contributed by atoms with Crippen molar-refractivity contribution in [1.82, 2.24) is 9.97 Å². The van der Waals surface area contributed by atoms with Crippen LogP contribution in [-0.2, 0) is 0 Å². The minimum atomic E-state index is -0.670. The molecule has 28 heavy (non-hydrogen) atoms. The first kappa shape index (κ1) is 22.1. The summed E-state index contributed by atoms with van der Waals surface area (Å²) in [5, 5.41) is 2.42. The Balaban J connectivity index is 2.47. The van der Waals surface area contributed by atoms with Gasteiger partial charge in [0.2, 0.25) is 5.28 Å². The molecule has 0 aliphatic carbocycles. The van der Waals surface area contributed by atoms with Gasteiger partial charge in [0.1, 0.15) is 11.4 Å². The SMILES string of the molecule is C=C(SCC)C(/C=C\C)=Nc1nc(Cl)ncc1C(=O)Nc1c(F)cccc1Cl. The summed E-state index contributed by atoms with van der Waals surface area (Å²) >= 11 is 13.4. The van der Waals surface area contributed by atoms with Crippen LogP contribution in [0.3, 0.4) is 0 Å². The van der Waals surface area contributed by atoms with Gasteiger partial charge in [-0.15, -0.1) is 11.8 Å². The fourth-order valence-corrected chi connectivity index (χ4v) is 3.06. The first-order valence-corrected chi connectivity index (χ1v) is 9.92. The highest BCUT2D eigenvalue weighted by molar-refractivity contribution is 8.04. The van der Waals surface area contributed by atoms with Crippen molar-refractivity contribution in [3.05, 3.63) is 69.7 Å². The molecule has 0 radical (unpaired) electrons. The summed E-state index contributed by atoms with van der Waals surface area (Å²) in [7, 11) is 0. The molecular formula is C19H17Cl2FN4OS. The zero-order valence-electron chi connectivity index (χ0n) is 15.2. The summed E-state index contributed by atoms with van der Waals surface area (Å²) in [6.45, 7) is 7.81. The molecule has 1 aromatic heterocycles. The van der Waals surface area contributed by atoms with E-state index >= 15 is 0 Å². The van der Waals surface area contributed by atoms with Crippen LogP contribution in [0.2, 0.25) is 10.3 Å². The maximum Gasteiger partial charge on any atom is 0.261 e. The maximum atomic E-state index is 14.0. The van der Waals surface area contributed by atoms with E-state index in [1.54, 1.807) is 12.2 Å². The van der Waals surface area contributed by atoms with Gasteiger partial charge in [-0.3, -0.25) is 4.79 Å². The number of halogens is 3. The number of aromatic nitrogens is 2. The third kappa shape index (κ3) is 5.64. The van der Waals surface area contributed by atoms with Crippen LogP contribution < -0.4 is 5.32 Å². The number of nitrogens with zero attached hydrogens (tertiary/aromatic N) is 3. The van der Waals surface area contributed by atoms with E-state index in [-0.39, 0.29) is 27.4 Å². The van der Waals surface area contributed by atoms with Gasteiger partial charge in [0.05, 0.1) is 16.4 Å². The Hall–Kier alpha value is -2.22. The van der Waals surface area contributed by atoms with Crippen molar-refractivity contribution in [2.45, 2.75) is 13.8 Å². The molecule has 146 valence electrons. The normalized spacial score (nSPS) is 11.7. The second kappa shape index (κ2) is 10.4. The number of hydrogen-bond donors (Lipinski definition) is 1. The number of carbonyl (C=O) groups excluding carboxylic acids is 1. The van der Waals surface area contributed by atoms with Crippen LogP contribution in [0.5, 0.6) is 0 Å². The monoisotopic (exact) mass is 438 g/mol. The van der Waals surface area contributed by atoms with Gasteiger partial charge >= 0.3 is 0 Å². The van der Waals surface area contributed by atoms with Gasteiger partial charge < -0.3 is 5.32 Å². The van der Waals surface area contributed by atoms with Gasteiger partial charge in [-0.25, -0.2) is 14.4 Å². The molecule has 1 amide bonds. The summed E-state index contributed by atoms with van der Waals surface area (Å²) in [5.41, 5.74) is 0.404. The zero-order valence-corrected chi connectivity index (χ0v) is 17.5. The van der Waals surface area contributed by atoms with Gasteiger partial charge in [0, 0.05) is 11.1 Å². The molecular weight excluding hydrogens is 422 g/mol. The van der Waals surface area contributed by atoms with E-state index in [4.69, 9.17) is 23.2 Å². The molecule has 0 aliphatic rings. The molecule has 0 aliphatic heterocycles. The fraction of sp³-hybridized carbons (Fsp3) is 0.158. The number of hydrogen-bond acceptors (Lipinski definition) is 5. The number of aliphatic imine (C=N–C) groups is 1. The molecule has 2 rings (SSSR count). The highest BCUT2D eigenvalue weighted by Crippen LogP contribution is 2.27. The molecule has 0 bridgehead atoms. The average molecular weight is 439 g/mol. The van der Waals surface area contributed by atoms with E-state index in [1.165, 1.54) is 36.2 Å². The standard InChI is InChI=1S/C19H17Cl2FN4OS/c1-4-7-15(11(3)28-5-2)24-17-12(10-23-19(21)26-17)18(27)25-16-13(20)8-6-9-14(16)22/h4,6-10H,3,5H2,1-2H3,(H,25,27)/b7-4-,24-15?. The molecule has 1 aromatic carbocycles. The number of allylic oxidation sites excluding steroid dienone is 3. The minimum Gasteiger partial charge on any atom is -0.318 e. The van der Waals surface area contributed by atoms with Crippen molar-refractivity contribution in [2.75, 3.05) is 11.1 Å². The van der Waals surface area contributed by atoms with Gasteiger partial charge in [-0.1, -0.05) is 37.2 Å². The van der Waals surface area contributed by atoms with Crippen LogP contribution in [0, 0.1) is 5.82 Å². The highest BCUT2D eigenvalue weighted by atomic mass is 35.5. The molecule has 2 aromatic rings. The number of amides is 1. The lowest BCUT2D eigenvalue weighted by Crippen LogP contribution is -2.15. The second-order valence-corrected chi connectivity index (χ2v) is 7.38. The Kier molecular flexibility index (Phi) is 8.17. The highest BCUT2D eigenvalue weighted by Gasteiger charge is 2.18. The Labute approximate surface area is 176 Å².